The SMILES string of the molecule is CCN(CC)C(=O)c1ccc(-c2ccc3c(c2)CCC(c2ccccc2)O3)cc1. The number of hydrogen-bond acceptors (Lipinski definition) is 2. The first-order valence-corrected chi connectivity index (χ1v) is 10.4. The zero-order valence-corrected chi connectivity index (χ0v) is 17.1. The summed E-state index contributed by atoms with van der Waals surface area (Å²) < 4.78 is 6.26. The fraction of sp³-hybridized carbons (Fsp3) is 0.269. The summed E-state index contributed by atoms with van der Waals surface area (Å²) in [5.41, 5.74) is 5.50. The van der Waals surface area contributed by atoms with Crippen molar-refractivity contribution in [1.29, 1.82) is 0 Å². The van der Waals surface area contributed by atoms with Crippen LogP contribution < -0.4 is 4.74 Å². The van der Waals surface area contributed by atoms with Crippen LogP contribution in [0.5, 0.6) is 5.75 Å². The molecular weight excluding hydrogens is 358 g/mol. The molecule has 0 spiro atoms. The molecule has 1 amide bonds. The van der Waals surface area contributed by atoms with Crippen LogP contribution in [-0.2, 0) is 6.42 Å². The van der Waals surface area contributed by atoms with Crippen molar-refractivity contribution in [2.75, 3.05) is 13.1 Å². The maximum absolute atomic E-state index is 12.5. The molecule has 29 heavy (non-hydrogen) atoms. The highest BCUT2D eigenvalue weighted by atomic mass is 16.5. The van der Waals surface area contributed by atoms with E-state index in [0.717, 1.165) is 48.4 Å². The molecule has 0 aromatic heterocycles. The Morgan fingerprint density at radius 2 is 1.62 bits per heavy atom. The number of carbonyl (C=O) groups is 1. The van der Waals surface area contributed by atoms with Crippen LogP contribution in [-0.4, -0.2) is 23.9 Å². The number of ether oxygens (including phenoxy) is 1. The molecule has 1 heterocycles. The molecule has 0 N–H and O–H groups in total. The van der Waals surface area contributed by atoms with E-state index >= 15 is 0 Å². The van der Waals surface area contributed by atoms with E-state index in [1.165, 1.54) is 11.1 Å². The van der Waals surface area contributed by atoms with Gasteiger partial charge in [0.2, 0.25) is 0 Å². The Morgan fingerprint density at radius 3 is 2.31 bits per heavy atom. The monoisotopic (exact) mass is 385 g/mol. The summed E-state index contributed by atoms with van der Waals surface area (Å²) in [5.74, 6) is 1.06. The average molecular weight is 386 g/mol. The molecule has 1 atom stereocenters. The predicted molar refractivity (Wildman–Crippen MR) is 117 cm³/mol. The minimum Gasteiger partial charge on any atom is -0.485 e. The smallest absolute Gasteiger partial charge is 0.253 e. The van der Waals surface area contributed by atoms with Crippen molar-refractivity contribution < 1.29 is 9.53 Å². The van der Waals surface area contributed by atoms with Crippen molar-refractivity contribution in [3.05, 3.63) is 89.5 Å². The molecule has 0 fully saturated rings. The van der Waals surface area contributed by atoms with Gasteiger partial charge in [-0.05, 0) is 73.2 Å². The van der Waals surface area contributed by atoms with E-state index in [2.05, 4.69) is 42.5 Å². The lowest BCUT2D eigenvalue weighted by Crippen LogP contribution is -2.30. The van der Waals surface area contributed by atoms with Crippen molar-refractivity contribution in [1.82, 2.24) is 4.90 Å². The van der Waals surface area contributed by atoms with Crippen LogP contribution in [0.3, 0.4) is 0 Å². The van der Waals surface area contributed by atoms with Crippen LogP contribution in [0, 0.1) is 0 Å². The minimum absolute atomic E-state index is 0.0901. The fourth-order valence-corrected chi connectivity index (χ4v) is 3.97. The third kappa shape index (κ3) is 4.04. The van der Waals surface area contributed by atoms with Gasteiger partial charge in [-0.15, -0.1) is 0 Å². The Kier molecular flexibility index (Phi) is 5.66. The Bertz CT molecular complexity index is 975. The Morgan fingerprint density at radius 1 is 0.931 bits per heavy atom. The number of aryl methyl sites for hydroxylation is 1. The maximum atomic E-state index is 12.5. The van der Waals surface area contributed by atoms with Crippen LogP contribution in [0.25, 0.3) is 11.1 Å². The number of fused-ring (bicyclic) bond motifs is 1. The van der Waals surface area contributed by atoms with Gasteiger partial charge in [0.1, 0.15) is 11.9 Å². The second-order valence-corrected chi connectivity index (χ2v) is 7.43. The fourth-order valence-electron chi connectivity index (χ4n) is 3.97. The minimum atomic E-state index is 0.0901. The summed E-state index contributed by atoms with van der Waals surface area (Å²) in [6.07, 6.45) is 2.11. The zero-order valence-electron chi connectivity index (χ0n) is 17.1. The number of rotatable bonds is 5. The van der Waals surface area contributed by atoms with E-state index in [0.29, 0.717) is 0 Å². The normalized spacial score (nSPS) is 15.3. The van der Waals surface area contributed by atoms with Crippen molar-refractivity contribution in [2.45, 2.75) is 32.8 Å². The lowest BCUT2D eigenvalue weighted by atomic mass is 9.94. The van der Waals surface area contributed by atoms with Gasteiger partial charge in [-0.2, -0.15) is 0 Å². The van der Waals surface area contributed by atoms with Crippen molar-refractivity contribution >= 4 is 5.91 Å². The Labute approximate surface area is 172 Å². The second kappa shape index (κ2) is 8.52. The van der Waals surface area contributed by atoms with E-state index in [4.69, 9.17) is 4.74 Å². The first kappa shape index (κ1) is 19.3. The van der Waals surface area contributed by atoms with Gasteiger partial charge in [-0.3, -0.25) is 4.79 Å². The van der Waals surface area contributed by atoms with Crippen LogP contribution >= 0.6 is 0 Å². The van der Waals surface area contributed by atoms with Gasteiger partial charge in [-0.25, -0.2) is 0 Å². The molecule has 3 aromatic carbocycles. The van der Waals surface area contributed by atoms with Crippen molar-refractivity contribution in [3.8, 4) is 16.9 Å². The second-order valence-electron chi connectivity index (χ2n) is 7.43. The topological polar surface area (TPSA) is 29.5 Å². The van der Waals surface area contributed by atoms with Gasteiger partial charge in [0.15, 0.2) is 0 Å². The quantitative estimate of drug-likeness (QED) is 0.547. The molecular formula is C26H27NO2. The molecule has 4 rings (SSSR count). The van der Waals surface area contributed by atoms with E-state index < -0.39 is 0 Å². The van der Waals surface area contributed by atoms with Gasteiger partial charge in [0.25, 0.3) is 5.91 Å². The highest BCUT2D eigenvalue weighted by Crippen LogP contribution is 2.37. The number of benzene rings is 3. The van der Waals surface area contributed by atoms with Gasteiger partial charge in [0, 0.05) is 18.7 Å². The molecule has 3 aromatic rings. The van der Waals surface area contributed by atoms with E-state index in [9.17, 15) is 4.79 Å². The third-order valence-corrected chi connectivity index (χ3v) is 5.69. The van der Waals surface area contributed by atoms with Gasteiger partial charge in [-0.1, -0.05) is 48.5 Å². The molecule has 148 valence electrons. The first-order valence-electron chi connectivity index (χ1n) is 10.4. The number of amides is 1. The summed E-state index contributed by atoms with van der Waals surface area (Å²) in [6.45, 7) is 5.47. The van der Waals surface area contributed by atoms with Crippen LogP contribution in [0.2, 0.25) is 0 Å². The third-order valence-electron chi connectivity index (χ3n) is 5.69. The van der Waals surface area contributed by atoms with Gasteiger partial charge >= 0.3 is 0 Å². The van der Waals surface area contributed by atoms with E-state index in [1.807, 2.05) is 49.1 Å². The number of carbonyl (C=O) groups excluding carboxylic acids is 1. The summed E-state index contributed by atoms with van der Waals surface area (Å²) in [5, 5.41) is 0. The van der Waals surface area contributed by atoms with Crippen LogP contribution in [0.4, 0.5) is 0 Å². The molecule has 0 aliphatic carbocycles. The molecule has 0 radical (unpaired) electrons. The molecule has 1 unspecified atom stereocenters. The van der Waals surface area contributed by atoms with E-state index in [1.54, 1.807) is 0 Å². The largest absolute Gasteiger partial charge is 0.485 e. The summed E-state index contributed by atoms with van der Waals surface area (Å²) in [7, 11) is 0. The van der Waals surface area contributed by atoms with Crippen LogP contribution in [0.1, 0.15) is 47.9 Å². The number of nitrogens with zero attached hydrogens (tertiary/aromatic N) is 1. The number of hydrogen-bond donors (Lipinski definition) is 0. The molecule has 0 bridgehead atoms. The molecule has 1 aliphatic rings. The summed E-state index contributed by atoms with van der Waals surface area (Å²) in [6, 6.07) is 24.7. The Hall–Kier alpha value is -3.07. The van der Waals surface area contributed by atoms with Crippen molar-refractivity contribution in [2.24, 2.45) is 0 Å². The summed E-state index contributed by atoms with van der Waals surface area (Å²) in [4.78, 5) is 14.3. The first-order chi connectivity index (χ1) is 14.2. The standard InChI is InChI=1S/C26H27NO2/c1-3-27(4-2)26(28)21-12-10-19(11-13-21)22-14-16-25-23(18-22)15-17-24(29-25)20-8-6-5-7-9-20/h5-14,16,18,24H,3-4,15,17H2,1-2H3. The van der Waals surface area contributed by atoms with Crippen LogP contribution in [0.15, 0.2) is 72.8 Å². The highest BCUT2D eigenvalue weighted by molar-refractivity contribution is 5.94. The summed E-state index contributed by atoms with van der Waals surface area (Å²) >= 11 is 0. The predicted octanol–water partition coefficient (Wildman–Crippen LogP) is 5.90. The molecule has 3 nitrogen and oxygen atoms in total. The van der Waals surface area contributed by atoms with Gasteiger partial charge < -0.3 is 9.64 Å². The lowest BCUT2D eigenvalue weighted by molar-refractivity contribution is 0.0773. The highest BCUT2D eigenvalue weighted by Gasteiger charge is 2.21. The molecule has 0 saturated heterocycles. The molecule has 1 aliphatic heterocycles. The average Bonchev–Trinajstić information content (AvgIpc) is 2.80. The molecule has 3 heteroatoms. The van der Waals surface area contributed by atoms with Crippen molar-refractivity contribution in [3.63, 3.8) is 0 Å². The van der Waals surface area contributed by atoms with E-state index in [-0.39, 0.29) is 12.0 Å². The maximum Gasteiger partial charge on any atom is 0.253 e. The van der Waals surface area contributed by atoms with Gasteiger partial charge in [0.05, 0.1) is 0 Å². The molecule has 0 saturated carbocycles. The zero-order chi connectivity index (χ0) is 20.2. The lowest BCUT2D eigenvalue weighted by Gasteiger charge is -2.27. The Balaban J connectivity index is 1.52.